The van der Waals surface area contributed by atoms with Crippen molar-refractivity contribution in [1.82, 2.24) is 0 Å². The number of thiophene rings is 1. The van der Waals surface area contributed by atoms with Gasteiger partial charge >= 0.3 is 0 Å². The molecule has 70 valence electrons. The van der Waals surface area contributed by atoms with E-state index in [0.29, 0.717) is 0 Å². The molecule has 0 aromatic carbocycles. The van der Waals surface area contributed by atoms with Crippen molar-refractivity contribution in [3.63, 3.8) is 0 Å². The first-order valence-electron chi connectivity index (χ1n) is 4.54. The second-order valence-electron chi connectivity index (χ2n) is 3.28. The summed E-state index contributed by atoms with van der Waals surface area (Å²) in [6, 6.07) is 0. The Hall–Kier alpha value is -0.410. The van der Waals surface area contributed by atoms with Gasteiger partial charge in [0.2, 0.25) is 5.01 Å². The number of hydrogen-bond donors (Lipinski definition) is 0. The van der Waals surface area contributed by atoms with E-state index in [1.54, 1.807) is 0 Å². The average Bonchev–Trinajstić information content (AvgIpc) is 2.52. The first kappa shape index (κ1) is 9.16. The van der Waals surface area contributed by atoms with Crippen molar-refractivity contribution in [3.05, 3.63) is 15.4 Å². The van der Waals surface area contributed by atoms with Crippen LogP contribution in [0.3, 0.4) is 0 Å². The molecule has 0 N–H and O–H groups in total. The van der Waals surface area contributed by atoms with E-state index in [4.69, 9.17) is 0 Å². The lowest BCUT2D eigenvalue weighted by molar-refractivity contribution is -0.667. The van der Waals surface area contributed by atoms with Crippen molar-refractivity contribution in [2.75, 3.05) is 0 Å². The molecule has 0 spiro atoms. The molecule has 0 fully saturated rings. The van der Waals surface area contributed by atoms with E-state index in [1.165, 1.54) is 25.0 Å². The molecule has 2 heterocycles. The maximum Gasteiger partial charge on any atom is 0.280 e. The predicted octanol–water partition coefficient (Wildman–Crippen LogP) is 3.20. The Morgan fingerprint density at radius 3 is 2.46 bits per heavy atom. The van der Waals surface area contributed by atoms with Crippen LogP contribution in [0.25, 0.3) is 9.53 Å². The highest BCUT2D eigenvalue weighted by molar-refractivity contribution is 7.26. The minimum absolute atomic E-state index is 1.09. The van der Waals surface area contributed by atoms with E-state index in [0.717, 1.165) is 6.54 Å². The van der Waals surface area contributed by atoms with Crippen LogP contribution in [0.4, 0.5) is 0 Å². The molecule has 0 saturated carbocycles. The summed E-state index contributed by atoms with van der Waals surface area (Å²) >= 11 is 3.85. The van der Waals surface area contributed by atoms with Gasteiger partial charge in [-0.3, -0.25) is 0 Å². The molecule has 0 radical (unpaired) electrons. The van der Waals surface area contributed by atoms with Crippen LogP contribution in [-0.4, -0.2) is 0 Å². The van der Waals surface area contributed by atoms with Gasteiger partial charge in [-0.15, -0.1) is 0 Å². The Bertz CT molecular complexity index is 451. The molecule has 0 bridgehead atoms. The SMILES string of the molecule is CC[n+]1c(C)sc2c(C)c(C)sc21. The number of rotatable bonds is 1. The molecule has 3 heteroatoms. The molecule has 0 unspecified atom stereocenters. The lowest BCUT2D eigenvalue weighted by Gasteiger charge is -1.86. The Morgan fingerprint density at radius 2 is 1.85 bits per heavy atom. The normalized spacial score (nSPS) is 11.4. The van der Waals surface area contributed by atoms with Gasteiger partial charge in [-0.05, 0) is 26.3 Å². The Labute approximate surface area is 86.6 Å². The highest BCUT2D eigenvalue weighted by Crippen LogP contribution is 2.32. The Kier molecular flexibility index (Phi) is 2.16. The highest BCUT2D eigenvalue weighted by Gasteiger charge is 2.20. The summed E-state index contributed by atoms with van der Waals surface area (Å²) in [7, 11) is 0. The number of aryl methyl sites for hydroxylation is 4. The third-order valence-corrected chi connectivity index (χ3v) is 5.08. The van der Waals surface area contributed by atoms with E-state index in [9.17, 15) is 0 Å². The van der Waals surface area contributed by atoms with Gasteiger partial charge in [0.1, 0.15) is 11.2 Å². The van der Waals surface area contributed by atoms with Gasteiger partial charge in [-0.2, -0.15) is 4.57 Å². The molecule has 0 aliphatic carbocycles. The monoisotopic (exact) mass is 212 g/mol. The summed E-state index contributed by atoms with van der Waals surface area (Å²) in [5.74, 6) is 0. The summed E-state index contributed by atoms with van der Waals surface area (Å²) in [5.41, 5.74) is 1.47. The minimum atomic E-state index is 1.09. The Morgan fingerprint density at radius 1 is 1.15 bits per heavy atom. The zero-order valence-corrected chi connectivity index (χ0v) is 10.1. The van der Waals surface area contributed by atoms with Crippen LogP contribution in [0.15, 0.2) is 0 Å². The van der Waals surface area contributed by atoms with Crippen LogP contribution in [0.1, 0.15) is 22.4 Å². The zero-order chi connectivity index (χ0) is 9.59. The van der Waals surface area contributed by atoms with Crippen molar-refractivity contribution in [2.45, 2.75) is 34.2 Å². The number of hydrogen-bond acceptors (Lipinski definition) is 2. The van der Waals surface area contributed by atoms with Crippen LogP contribution >= 0.6 is 22.7 Å². The first-order valence-corrected chi connectivity index (χ1v) is 6.17. The topological polar surface area (TPSA) is 3.88 Å². The molecule has 13 heavy (non-hydrogen) atoms. The van der Waals surface area contributed by atoms with Gasteiger partial charge in [0.25, 0.3) is 4.83 Å². The second kappa shape index (κ2) is 3.07. The smallest absolute Gasteiger partial charge is 0.177 e. The molecular weight excluding hydrogens is 198 g/mol. The fraction of sp³-hybridized carbons (Fsp3) is 0.500. The van der Waals surface area contributed by atoms with Crippen molar-refractivity contribution >= 4 is 32.2 Å². The van der Waals surface area contributed by atoms with Crippen LogP contribution in [0.5, 0.6) is 0 Å². The first-order chi connectivity index (χ1) is 6.15. The summed E-state index contributed by atoms with van der Waals surface area (Å²) in [6.45, 7) is 9.94. The molecule has 0 atom stereocenters. The van der Waals surface area contributed by atoms with E-state index in [1.807, 2.05) is 22.7 Å². The molecule has 0 amide bonds. The van der Waals surface area contributed by atoms with E-state index in [-0.39, 0.29) is 0 Å². The fourth-order valence-electron chi connectivity index (χ4n) is 1.60. The predicted molar refractivity (Wildman–Crippen MR) is 59.8 cm³/mol. The Balaban J connectivity index is 2.84. The van der Waals surface area contributed by atoms with Gasteiger partial charge in [0.05, 0.1) is 0 Å². The maximum absolute atomic E-state index is 2.41. The van der Waals surface area contributed by atoms with Gasteiger partial charge in [-0.1, -0.05) is 22.7 Å². The summed E-state index contributed by atoms with van der Waals surface area (Å²) < 4.78 is 3.90. The number of thiazole rings is 1. The van der Waals surface area contributed by atoms with Crippen molar-refractivity contribution in [3.8, 4) is 0 Å². The highest BCUT2D eigenvalue weighted by atomic mass is 32.1. The van der Waals surface area contributed by atoms with Crippen molar-refractivity contribution in [2.24, 2.45) is 0 Å². The van der Waals surface area contributed by atoms with Crippen molar-refractivity contribution in [1.29, 1.82) is 0 Å². The molecule has 2 aromatic rings. The molecule has 1 nitrogen and oxygen atoms in total. The standard InChI is InChI=1S/C10H14NS2/c1-5-11-8(4)13-9-6(2)7(3)12-10(9)11/h5H2,1-4H3/q+1. The molecule has 0 aliphatic heterocycles. The molecule has 2 rings (SSSR count). The van der Waals surface area contributed by atoms with Crippen LogP contribution < -0.4 is 4.57 Å². The van der Waals surface area contributed by atoms with Crippen LogP contribution in [0.2, 0.25) is 0 Å². The lowest BCUT2D eigenvalue weighted by Crippen LogP contribution is -2.32. The minimum Gasteiger partial charge on any atom is -0.177 e. The number of aromatic nitrogens is 1. The van der Waals surface area contributed by atoms with Crippen LogP contribution in [0, 0.1) is 20.8 Å². The zero-order valence-electron chi connectivity index (χ0n) is 8.47. The van der Waals surface area contributed by atoms with Crippen molar-refractivity contribution < 1.29 is 4.57 Å². The van der Waals surface area contributed by atoms with Crippen LogP contribution in [-0.2, 0) is 6.54 Å². The lowest BCUT2D eigenvalue weighted by atomic mass is 10.3. The second-order valence-corrected chi connectivity index (χ2v) is 5.69. The summed E-state index contributed by atoms with van der Waals surface area (Å²) in [6.07, 6.45) is 0. The summed E-state index contributed by atoms with van der Waals surface area (Å²) in [4.78, 5) is 2.92. The molecule has 0 saturated heterocycles. The third kappa shape index (κ3) is 1.22. The van der Waals surface area contributed by atoms with Gasteiger partial charge in [0.15, 0.2) is 0 Å². The fourth-order valence-corrected chi connectivity index (χ4v) is 4.27. The van der Waals surface area contributed by atoms with E-state index in [2.05, 4.69) is 32.3 Å². The number of fused-ring (bicyclic) bond motifs is 1. The van der Waals surface area contributed by atoms with Gasteiger partial charge in [0, 0.05) is 11.8 Å². The third-order valence-electron chi connectivity index (χ3n) is 2.50. The average molecular weight is 212 g/mol. The van der Waals surface area contributed by atoms with E-state index < -0.39 is 0 Å². The molecule has 2 aromatic heterocycles. The number of nitrogens with zero attached hydrogens (tertiary/aromatic N) is 1. The largest absolute Gasteiger partial charge is 0.280 e. The van der Waals surface area contributed by atoms with E-state index >= 15 is 0 Å². The quantitative estimate of drug-likeness (QED) is 0.639. The maximum atomic E-state index is 2.41. The molecule has 0 aliphatic rings. The summed E-state index contributed by atoms with van der Waals surface area (Å²) in [5, 5.41) is 1.42. The van der Waals surface area contributed by atoms with Gasteiger partial charge < -0.3 is 0 Å². The van der Waals surface area contributed by atoms with Gasteiger partial charge in [-0.25, -0.2) is 0 Å². The molecular formula is C10H14NS2+.